The third kappa shape index (κ3) is 5.42. The maximum Gasteiger partial charge on any atom is 0.262 e. The van der Waals surface area contributed by atoms with Gasteiger partial charge in [0.15, 0.2) is 5.71 Å². The molecule has 0 radical (unpaired) electrons. The van der Waals surface area contributed by atoms with E-state index in [-0.39, 0.29) is 6.61 Å². The van der Waals surface area contributed by atoms with Crippen LogP contribution in [-0.2, 0) is 21.1 Å². The lowest BCUT2D eigenvalue weighted by Gasteiger charge is -2.09. The van der Waals surface area contributed by atoms with E-state index in [2.05, 4.69) is 15.5 Å². The summed E-state index contributed by atoms with van der Waals surface area (Å²) in [7, 11) is 2.82. The topological polar surface area (TPSA) is 106 Å². The number of benzene rings is 1. The number of Topliss-reactive ketones (excluding diaryl/α,β-unsaturated/α-hetero) is 1. The summed E-state index contributed by atoms with van der Waals surface area (Å²) in [6.07, 6.45) is 0. The number of oxime groups is 3. The standard InChI is InChI=1S/C17H20N4O4/c1-11-7-6-8-14(16(11)15(22)9-18)10-25-20-13(3)17(21-24-5)12(2)19-23-4/h6-8H,10H2,1-5H3/b19-12-,20-13-,21-17-. The molecule has 0 fully saturated rings. The molecule has 1 aromatic carbocycles. The van der Waals surface area contributed by atoms with Gasteiger partial charge in [-0.25, -0.2) is 0 Å². The Morgan fingerprint density at radius 1 is 1.12 bits per heavy atom. The minimum atomic E-state index is -0.609. The minimum Gasteiger partial charge on any atom is -0.399 e. The van der Waals surface area contributed by atoms with Crippen LogP contribution in [0.3, 0.4) is 0 Å². The summed E-state index contributed by atoms with van der Waals surface area (Å²) in [6, 6.07) is 6.89. The Kier molecular flexibility index (Phi) is 7.79. The first-order valence-electron chi connectivity index (χ1n) is 7.35. The number of aryl methyl sites for hydroxylation is 1. The molecule has 0 bridgehead atoms. The van der Waals surface area contributed by atoms with Crippen molar-refractivity contribution in [1.29, 1.82) is 5.26 Å². The van der Waals surface area contributed by atoms with Crippen molar-refractivity contribution in [2.75, 3.05) is 14.2 Å². The first kappa shape index (κ1) is 19.8. The first-order chi connectivity index (χ1) is 12.0. The second kappa shape index (κ2) is 9.82. The summed E-state index contributed by atoms with van der Waals surface area (Å²) >= 11 is 0. The molecule has 1 rings (SSSR count). The van der Waals surface area contributed by atoms with Crippen LogP contribution in [0.1, 0.15) is 35.3 Å². The molecule has 0 amide bonds. The summed E-state index contributed by atoms with van der Waals surface area (Å²) in [5, 5.41) is 20.5. The number of ketones is 1. The van der Waals surface area contributed by atoms with Crippen LogP contribution in [0.25, 0.3) is 0 Å². The second-order valence-corrected chi connectivity index (χ2v) is 4.98. The van der Waals surface area contributed by atoms with Crippen molar-refractivity contribution in [3.05, 3.63) is 34.9 Å². The van der Waals surface area contributed by atoms with E-state index in [9.17, 15) is 4.79 Å². The van der Waals surface area contributed by atoms with E-state index in [0.29, 0.717) is 33.8 Å². The minimum absolute atomic E-state index is 0.0303. The van der Waals surface area contributed by atoms with Gasteiger partial charge in [-0.3, -0.25) is 4.79 Å². The predicted molar refractivity (Wildman–Crippen MR) is 93.6 cm³/mol. The quantitative estimate of drug-likeness (QED) is 0.312. The molecule has 0 saturated heterocycles. The molecule has 0 aliphatic carbocycles. The average Bonchev–Trinajstić information content (AvgIpc) is 2.59. The van der Waals surface area contributed by atoms with Gasteiger partial charge >= 0.3 is 0 Å². The fourth-order valence-electron chi connectivity index (χ4n) is 2.14. The van der Waals surface area contributed by atoms with Gasteiger partial charge in [0.1, 0.15) is 38.3 Å². The molecule has 25 heavy (non-hydrogen) atoms. The summed E-state index contributed by atoms with van der Waals surface area (Å²) < 4.78 is 0. The fraction of sp³-hybridized carbons (Fsp3) is 0.353. The van der Waals surface area contributed by atoms with E-state index in [4.69, 9.17) is 19.8 Å². The smallest absolute Gasteiger partial charge is 0.262 e. The molecular formula is C17H20N4O4. The molecule has 0 unspecified atom stereocenters. The van der Waals surface area contributed by atoms with Gasteiger partial charge in [0.05, 0.1) is 0 Å². The number of nitriles is 1. The zero-order valence-electron chi connectivity index (χ0n) is 14.9. The number of nitrogens with zero attached hydrogens (tertiary/aromatic N) is 4. The molecule has 0 saturated carbocycles. The van der Waals surface area contributed by atoms with Crippen LogP contribution >= 0.6 is 0 Å². The molecular weight excluding hydrogens is 324 g/mol. The van der Waals surface area contributed by atoms with Gasteiger partial charge in [-0.2, -0.15) is 5.26 Å². The molecule has 0 atom stereocenters. The van der Waals surface area contributed by atoms with Crippen LogP contribution in [0.4, 0.5) is 0 Å². The first-order valence-corrected chi connectivity index (χ1v) is 7.35. The molecule has 8 heteroatoms. The number of hydrogen-bond acceptors (Lipinski definition) is 8. The highest BCUT2D eigenvalue weighted by Gasteiger charge is 2.15. The number of hydrogen-bond donors (Lipinski definition) is 0. The van der Waals surface area contributed by atoms with E-state index in [1.807, 2.05) is 0 Å². The lowest BCUT2D eigenvalue weighted by molar-refractivity contribution is 0.104. The highest BCUT2D eigenvalue weighted by molar-refractivity contribution is 6.67. The van der Waals surface area contributed by atoms with Crippen LogP contribution in [0.5, 0.6) is 0 Å². The van der Waals surface area contributed by atoms with Crippen molar-refractivity contribution in [2.24, 2.45) is 15.5 Å². The second-order valence-electron chi connectivity index (χ2n) is 4.98. The Hall–Kier alpha value is -3.21. The van der Waals surface area contributed by atoms with Crippen LogP contribution in [0, 0.1) is 18.3 Å². The molecule has 0 heterocycles. The number of carbonyl (C=O) groups excluding carboxylic acids is 1. The van der Waals surface area contributed by atoms with Crippen molar-refractivity contribution in [2.45, 2.75) is 27.4 Å². The van der Waals surface area contributed by atoms with Crippen LogP contribution in [-0.4, -0.2) is 37.1 Å². The van der Waals surface area contributed by atoms with Gasteiger partial charge in [-0.15, -0.1) is 0 Å². The van der Waals surface area contributed by atoms with Crippen LogP contribution in [0.15, 0.2) is 33.7 Å². The summed E-state index contributed by atoms with van der Waals surface area (Å²) in [5.41, 5.74) is 2.86. The van der Waals surface area contributed by atoms with Gasteiger partial charge in [0.2, 0.25) is 0 Å². The number of rotatable bonds is 8. The monoisotopic (exact) mass is 344 g/mol. The summed E-state index contributed by atoms with van der Waals surface area (Å²) in [6.45, 7) is 5.15. The average molecular weight is 344 g/mol. The molecule has 0 aromatic heterocycles. The van der Waals surface area contributed by atoms with E-state index in [1.54, 1.807) is 45.0 Å². The summed E-state index contributed by atoms with van der Waals surface area (Å²) in [5.74, 6) is -0.609. The van der Waals surface area contributed by atoms with Crippen molar-refractivity contribution >= 4 is 22.9 Å². The van der Waals surface area contributed by atoms with Crippen molar-refractivity contribution in [3.8, 4) is 6.07 Å². The molecule has 1 aromatic rings. The van der Waals surface area contributed by atoms with Crippen molar-refractivity contribution in [1.82, 2.24) is 0 Å². The van der Waals surface area contributed by atoms with Gasteiger partial charge in [0, 0.05) is 11.1 Å². The Bertz CT molecular complexity index is 760. The molecule has 132 valence electrons. The Labute approximate surface area is 146 Å². The molecule has 0 aliphatic rings. The molecule has 0 spiro atoms. The van der Waals surface area contributed by atoms with Crippen molar-refractivity contribution < 1.29 is 19.3 Å². The molecule has 8 nitrogen and oxygen atoms in total. The lowest BCUT2D eigenvalue weighted by Crippen LogP contribution is -2.20. The maximum absolute atomic E-state index is 11.8. The lowest BCUT2D eigenvalue weighted by atomic mass is 9.99. The van der Waals surface area contributed by atoms with E-state index in [1.165, 1.54) is 14.2 Å². The zero-order chi connectivity index (χ0) is 18.8. The van der Waals surface area contributed by atoms with Gasteiger partial charge in [-0.05, 0) is 26.3 Å². The van der Waals surface area contributed by atoms with E-state index >= 15 is 0 Å². The fourth-order valence-corrected chi connectivity index (χ4v) is 2.14. The largest absolute Gasteiger partial charge is 0.399 e. The van der Waals surface area contributed by atoms with Crippen LogP contribution < -0.4 is 0 Å². The normalized spacial score (nSPS) is 12.4. The maximum atomic E-state index is 11.8. The van der Waals surface area contributed by atoms with Gasteiger partial charge in [-0.1, -0.05) is 33.7 Å². The van der Waals surface area contributed by atoms with Gasteiger partial charge in [0.25, 0.3) is 5.78 Å². The highest BCUT2D eigenvalue weighted by atomic mass is 16.6. The SMILES string of the molecule is CO\N=C(C)/C(=N/OC)C(/C)=N\OCc1cccc(C)c1C(=O)C#N. The van der Waals surface area contributed by atoms with E-state index in [0.717, 1.165) is 0 Å². The highest BCUT2D eigenvalue weighted by Crippen LogP contribution is 2.16. The van der Waals surface area contributed by atoms with Crippen molar-refractivity contribution in [3.63, 3.8) is 0 Å². The Morgan fingerprint density at radius 2 is 1.76 bits per heavy atom. The molecule has 0 N–H and O–H groups in total. The zero-order valence-corrected chi connectivity index (χ0v) is 14.9. The predicted octanol–water partition coefficient (Wildman–Crippen LogP) is 2.62. The third-order valence-corrected chi connectivity index (χ3v) is 3.21. The number of carbonyl (C=O) groups is 1. The third-order valence-electron chi connectivity index (χ3n) is 3.21. The Balaban J connectivity index is 2.99. The molecule has 0 aliphatic heterocycles. The Morgan fingerprint density at radius 3 is 2.36 bits per heavy atom. The van der Waals surface area contributed by atoms with Gasteiger partial charge < -0.3 is 14.5 Å². The summed E-state index contributed by atoms with van der Waals surface area (Å²) in [4.78, 5) is 26.6. The van der Waals surface area contributed by atoms with E-state index < -0.39 is 5.78 Å². The van der Waals surface area contributed by atoms with Crippen LogP contribution in [0.2, 0.25) is 0 Å².